The Morgan fingerprint density at radius 2 is 2.00 bits per heavy atom. The van der Waals surface area contributed by atoms with E-state index in [-0.39, 0.29) is 11.9 Å². The van der Waals surface area contributed by atoms with E-state index < -0.39 is 0 Å². The lowest BCUT2D eigenvalue weighted by Gasteiger charge is -2.16. The van der Waals surface area contributed by atoms with Gasteiger partial charge in [-0.3, -0.25) is 0 Å². The van der Waals surface area contributed by atoms with E-state index in [0.29, 0.717) is 17.1 Å². The molecule has 0 radical (unpaired) electrons. The highest BCUT2D eigenvalue weighted by Crippen LogP contribution is 2.23. The highest BCUT2D eigenvalue weighted by Gasteiger charge is 2.09. The smallest absolute Gasteiger partial charge is 0.127 e. The number of hydrogen-bond acceptors (Lipinski definition) is 1. The van der Waals surface area contributed by atoms with Crippen LogP contribution in [-0.2, 0) is 6.54 Å². The molecule has 0 aliphatic rings. The molecule has 0 amide bonds. The average molecular weight is 343 g/mol. The second-order valence-electron chi connectivity index (χ2n) is 4.36. The van der Waals surface area contributed by atoms with Gasteiger partial charge in [-0.25, -0.2) is 4.39 Å². The highest BCUT2D eigenvalue weighted by molar-refractivity contribution is 9.10. The summed E-state index contributed by atoms with van der Waals surface area (Å²) in [7, 11) is 0. The van der Waals surface area contributed by atoms with Crippen LogP contribution in [0.2, 0.25) is 5.02 Å². The van der Waals surface area contributed by atoms with Crippen molar-refractivity contribution in [2.45, 2.75) is 19.5 Å². The maximum atomic E-state index is 13.6. The molecule has 0 aromatic heterocycles. The first kappa shape index (κ1) is 14.5. The van der Waals surface area contributed by atoms with Gasteiger partial charge in [0.15, 0.2) is 0 Å². The maximum absolute atomic E-state index is 13.6. The second kappa shape index (κ2) is 6.51. The van der Waals surface area contributed by atoms with E-state index >= 15 is 0 Å². The van der Waals surface area contributed by atoms with Gasteiger partial charge in [-0.2, -0.15) is 0 Å². The molecule has 0 aliphatic heterocycles. The van der Waals surface area contributed by atoms with Gasteiger partial charge >= 0.3 is 0 Å². The Balaban J connectivity index is 2.06. The Kier molecular flexibility index (Phi) is 4.97. The summed E-state index contributed by atoms with van der Waals surface area (Å²) in [5, 5.41) is 3.84. The summed E-state index contributed by atoms with van der Waals surface area (Å²) in [6.45, 7) is 2.48. The molecule has 0 aliphatic carbocycles. The van der Waals surface area contributed by atoms with Gasteiger partial charge in [0.05, 0.1) is 0 Å². The fraction of sp³-hybridized carbons (Fsp3) is 0.200. The monoisotopic (exact) mass is 341 g/mol. The predicted octanol–water partition coefficient (Wildman–Crippen LogP) is 5.09. The minimum Gasteiger partial charge on any atom is -0.306 e. The average Bonchev–Trinajstić information content (AvgIpc) is 2.40. The zero-order chi connectivity index (χ0) is 13.8. The molecule has 1 atom stereocenters. The molecule has 0 saturated carbocycles. The van der Waals surface area contributed by atoms with Crippen LogP contribution in [0.5, 0.6) is 0 Å². The molecule has 2 rings (SSSR count). The summed E-state index contributed by atoms with van der Waals surface area (Å²) in [6.07, 6.45) is 0. The van der Waals surface area contributed by atoms with Gasteiger partial charge in [-0.05, 0) is 36.8 Å². The van der Waals surface area contributed by atoms with Crippen molar-refractivity contribution in [3.63, 3.8) is 0 Å². The zero-order valence-corrected chi connectivity index (χ0v) is 12.8. The van der Waals surface area contributed by atoms with Gasteiger partial charge in [0, 0.05) is 27.6 Å². The van der Waals surface area contributed by atoms with Crippen molar-refractivity contribution in [2.24, 2.45) is 0 Å². The third-order valence-electron chi connectivity index (χ3n) is 2.98. The highest BCUT2D eigenvalue weighted by atomic mass is 79.9. The molecule has 0 spiro atoms. The van der Waals surface area contributed by atoms with Crippen molar-refractivity contribution >= 4 is 27.5 Å². The van der Waals surface area contributed by atoms with E-state index in [1.807, 2.05) is 31.2 Å². The van der Waals surface area contributed by atoms with Crippen molar-refractivity contribution in [1.29, 1.82) is 0 Å². The third-order valence-corrected chi connectivity index (χ3v) is 3.94. The standard InChI is InChI=1S/C15H14BrClFN/c1-10(13-4-2-3-5-14(13)16)19-9-11-8-12(17)6-7-15(11)18/h2-8,10,19H,9H2,1H3. The molecule has 100 valence electrons. The van der Waals surface area contributed by atoms with Crippen LogP contribution in [0.4, 0.5) is 4.39 Å². The fourth-order valence-electron chi connectivity index (χ4n) is 1.88. The van der Waals surface area contributed by atoms with E-state index in [1.54, 1.807) is 12.1 Å². The normalized spacial score (nSPS) is 12.4. The van der Waals surface area contributed by atoms with E-state index in [1.165, 1.54) is 6.07 Å². The summed E-state index contributed by atoms with van der Waals surface area (Å²) in [4.78, 5) is 0. The number of rotatable bonds is 4. The summed E-state index contributed by atoms with van der Waals surface area (Å²) >= 11 is 9.39. The van der Waals surface area contributed by atoms with Crippen LogP contribution in [0.25, 0.3) is 0 Å². The number of hydrogen-bond donors (Lipinski definition) is 1. The van der Waals surface area contributed by atoms with Gasteiger partial charge in [-0.1, -0.05) is 45.7 Å². The Labute approximate surface area is 125 Å². The van der Waals surface area contributed by atoms with E-state index in [4.69, 9.17) is 11.6 Å². The van der Waals surface area contributed by atoms with Crippen LogP contribution in [0, 0.1) is 5.82 Å². The summed E-state index contributed by atoms with van der Waals surface area (Å²) in [5.74, 6) is -0.240. The molecular weight excluding hydrogens is 329 g/mol. The van der Waals surface area contributed by atoms with Crippen LogP contribution >= 0.6 is 27.5 Å². The molecule has 0 saturated heterocycles. The molecule has 0 bridgehead atoms. The van der Waals surface area contributed by atoms with Gasteiger partial charge < -0.3 is 5.32 Å². The molecule has 19 heavy (non-hydrogen) atoms. The van der Waals surface area contributed by atoms with Crippen molar-refractivity contribution in [3.8, 4) is 0 Å². The van der Waals surface area contributed by atoms with E-state index in [2.05, 4.69) is 21.2 Å². The molecule has 1 nitrogen and oxygen atoms in total. The lowest BCUT2D eigenvalue weighted by Crippen LogP contribution is -2.19. The van der Waals surface area contributed by atoms with Gasteiger partial charge in [-0.15, -0.1) is 0 Å². The molecule has 0 heterocycles. The van der Waals surface area contributed by atoms with Crippen molar-refractivity contribution in [1.82, 2.24) is 5.32 Å². The molecule has 2 aromatic carbocycles. The van der Waals surface area contributed by atoms with Crippen LogP contribution in [0.3, 0.4) is 0 Å². The first-order valence-corrected chi connectivity index (χ1v) is 7.17. The molecule has 0 fully saturated rings. The van der Waals surface area contributed by atoms with Crippen molar-refractivity contribution in [2.75, 3.05) is 0 Å². The van der Waals surface area contributed by atoms with Gasteiger partial charge in [0.25, 0.3) is 0 Å². The minimum atomic E-state index is -0.240. The molecule has 2 aromatic rings. The Hall–Kier alpha value is -0.900. The lowest BCUT2D eigenvalue weighted by atomic mass is 10.1. The second-order valence-corrected chi connectivity index (χ2v) is 5.65. The summed E-state index contributed by atoms with van der Waals surface area (Å²) in [6, 6.07) is 12.7. The van der Waals surface area contributed by atoms with Crippen LogP contribution < -0.4 is 5.32 Å². The van der Waals surface area contributed by atoms with Crippen LogP contribution in [0.15, 0.2) is 46.9 Å². The Morgan fingerprint density at radius 3 is 2.74 bits per heavy atom. The van der Waals surface area contributed by atoms with Gasteiger partial charge in [0.1, 0.15) is 5.82 Å². The Bertz CT molecular complexity index is 574. The summed E-state index contributed by atoms with van der Waals surface area (Å²) < 4.78 is 14.6. The molecule has 1 unspecified atom stereocenters. The third kappa shape index (κ3) is 3.78. The first-order valence-electron chi connectivity index (χ1n) is 5.99. The number of nitrogens with one attached hydrogen (secondary N) is 1. The fourth-order valence-corrected chi connectivity index (χ4v) is 2.70. The lowest BCUT2D eigenvalue weighted by molar-refractivity contribution is 0.543. The topological polar surface area (TPSA) is 12.0 Å². The number of benzene rings is 2. The van der Waals surface area contributed by atoms with Crippen molar-refractivity contribution < 1.29 is 4.39 Å². The number of halogens is 3. The molecular formula is C15H14BrClFN. The molecule has 1 N–H and O–H groups in total. The van der Waals surface area contributed by atoms with E-state index in [0.717, 1.165) is 10.0 Å². The van der Waals surface area contributed by atoms with Gasteiger partial charge in [0.2, 0.25) is 0 Å². The SMILES string of the molecule is CC(NCc1cc(Cl)ccc1F)c1ccccc1Br. The summed E-state index contributed by atoms with van der Waals surface area (Å²) in [5.41, 5.74) is 1.72. The quantitative estimate of drug-likeness (QED) is 0.816. The zero-order valence-electron chi connectivity index (χ0n) is 10.5. The Morgan fingerprint density at radius 1 is 1.26 bits per heavy atom. The predicted molar refractivity (Wildman–Crippen MR) is 80.8 cm³/mol. The van der Waals surface area contributed by atoms with Crippen LogP contribution in [0.1, 0.15) is 24.1 Å². The molecule has 4 heteroatoms. The van der Waals surface area contributed by atoms with E-state index in [9.17, 15) is 4.39 Å². The first-order chi connectivity index (χ1) is 9.08. The maximum Gasteiger partial charge on any atom is 0.127 e. The van der Waals surface area contributed by atoms with Crippen molar-refractivity contribution in [3.05, 3.63) is 68.9 Å². The van der Waals surface area contributed by atoms with Crippen LogP contribution in [-0.4, -0.2) is 0 Å². The largest absolute Gasteiger partial charge is 0.306 e. The minimum absolute atomic E-state index is 0.119.